The van der Waals surface area contributed by atoms with Crippen molar-refractivity contribution in [2.24, 2.45) is 5.92 Å². The second kappa shape index (κ2) is 6.37. The van der Waals surface area contributed by atoms with Gasteiger partial charge in [0.15, 0.2) is 0 Å². The van der Waals surface area contributed by atoms with Gasteiger partial charge in [-0.05, 0) is 36.6 Å². The maximum atomic E-state index is 11.0. The van der Waals surface area contributed by atoms with Crippen molar-refractivity contribution in [1.82, 2.24) is 4.98 Å². The maximum absolute atomic E-state index is 11.0. The fourth-order valence-corrected chi connectivity index (χ4v) is 3.84. The van der Waals surface area contributed by atoms with Crippen LogP contribution in [0.1, 0.15) is 19.3 Å². The fraction of sp³-hybridized carbons (Fsp3) is 0.438. The Hall–Kier alpha value is -1.42. The highest BCUT2D eigenvalue weighted by Gasteiger charge is 2.23. The largest absolute Gasteiger partial charge is 0.356 e. The molecule has 6 heteroatoms. The lowest BCUT2D eigenvalue weighted by atomic mass is 9.94. The molecule has 2 N–H and O–H groups in total. The highest BCUT2D eigenvalue weighted by Crippen LogP contribution is 2.38. The molecule has 1 aliphatic heterocycles. The Morgan fingerprint density at radius 3 is 2.64 bits per heavy atom. The van der Waals surface area contributed by atoms with Crippen molar-refractivity contribution < 1.29 is 14.4 Å². The summed E-state index contributed by atoms with van der Waals surface area (Å²) in [6, 6.07) is 10.3. The lowest BCUT2D eigenvalue weighted by Crippen LogP contribution is -2.34. The zero-order valence-electron chi connectivity index (χ0n) is 12.4. The Bertz CT molecular complexity index is 687. The third-order valence-electron chi connectivity index (χ3n) is 4.40. The summed E-state index contributed by atoms with van der Waals surface area (Å²) in [4.78, 5) is 24.8. The zero-order valence-corrected chi connectivity index (χ0v) is 13.3. The lowest BCUT2D eigenvalue weighted by Gasteiger charge is -2.33. The summed E-state index contributed by atoms with van der Waals surface area (Å²) in [6.07, 6.45) is 4.39. The quantitative estimate of drug-likeness (QED) is 0.847. The van der Waals surface area contributed by atoms with Crippen LogP contribution in [0.5, 0.6) is 0 Å². The molecular formula is C16H21N2O3P. The summed E-state index contributed by atoms with van der Waals surface area (Å²) in [7, 11) is -3.86. The zero-order chi connectivity index (χ0) is 15.6. The van der Waals surface area contributed by atoms with Crippen LogP contribution in [-0.2, 0) is 4.57 Å². The number of aromatic nitrogens is 1. The van der Waals surface area contributed by atoms with Gasteiger partial charge in [-0.15, -0.1) is 0 Å². The molecule has 0 spiro atoms. The molecule has 0 unspecified atom stereocenters. The molecule has 22 heavy (non-hydrogen) atoms. The van der Waals surface area contributed by atoms with Gasteiger partial charge in [-0.2, -0.15) is 0 Å². The topological polar surface area (TPSA) is 73.7 Å². The number of nitrogens with zero attached hydrogens (tertiary/aromatic N) is 2. The molecule has 3 rings (SSSR count). The van der Waals surface area contributed by atoms with E-state index in [4.69, 9.17) is 9.79 Å². The van der Waals surface area contributed by atoms with E-state index in [-0.39, 0.29) is 6.16 Å². The van der Waals surface area contributed by atoms with Gasteiger partial charge in [0.25, 0.3) is 0 Å². The summed E-state index contributed by atoms with van der Waals surface area (Å²) >= 11 is 0. The summed E-state index contributed by atoms with van der Waals surface area (Å²) in [5, 5.41) is 2.36. The Balaban J connectivity index is 1.67. The van der Waals surface area contributed by atoms with Gasteiger partial charge in [-0.1, -0.05) is 24.3 Å². The van der Waals surface area contributed by atoms with E-state index in [1.165, 1.54) is 10.8 Å². The van der Waals surface area contributed by atoms with Gasteiger partial charge in [0.1, 0.15) is 5.82 Å². The first-order valence-corrected chi connectivity index (χ1v) is 9.46. The predicted octanol–water partition coefficient (Wildman–Crippen LogP) is 3.02. The molecular weight excluding hydrogens is 299 g/mol. The first kappa shape index (κ1) is 15.5. The molecule has 1 aliphatic rings. The molecule has 0 bridgehead atoms. The fourth-order valence-electron chi connectivity index (χ4n) is 3.14. The monoisotopic (exact) mass is 320 g/mol. The van der Waals surface area contributed by atoms with Crippen LogP contribution >= 0.6 is 7.60 Å². The lowest BCUT2D eigenvalue weighted by molar-refractivity contribution is 0.350. The number of anilines is 1. The molecule has 1 saturated heterocycles. The number of hydrogen-bond acceptors (Lipinski definition) is 3. The third kappa shape index (κ3) is 3.67. The van der Waals surface area contributed by atoms with Crippen LogP contribution in [-0.4, -0.2) is 34.0 Å². The van der Waals surface area contributed by atoms with Crippen LogP contribution in [0, 0.1) is 5.92 Å². The van der Waals surface area contributed by atoms with Crippen molar-refractivity contribution in [2.45, 2.75) is 19.3 Å². The van der Waals surface area contributed by atoms with Crippen molar-refractivity contribution >= 4 is 24.2 Å². The highest BCUT2D eigenvalue weighted by atomic mass is 31.2. The molecule has 118 valence electrons. The molecule has 1 aromatic heterocycles. The second-order valence-electron chi connectivity index (χ2n) is 5.96. The Morgan fingerprint density at radius 1 is 1.18 bits per heavy atom. The van der Waals surface area contributed by atoms with Gasteiger partial charge in [0.2, 0.25) is 0 Å². The van der Waals surface area contributed by atoms with Crippen LogP contribution < -0.4 is 4.90 Å². The van der Waals surface area contributed by atoms with E-state index in [0.717, 1.165) is 31.7 Å². The van der Waals surface area contributed by atoms with Crippen molar-refractivity contribution in [3.05, 3.63) is 36.5 Å². The molecule has 0 radical (unpaired) electrons. The highest BCUT2D eigenvalue weighted by molar-refractivity contribution is 7.51. The Kier molecular flexibility index (Phi) is 4.48. The van der Waals surface area contributed by atoms with E-state index in [2.05, 4.69) is 22.0 Å². The van der Waals surface area contributed by atoms with Gasteiger partial charge >= 0.3 is 7.60 Å². The van der Waals surface area contributed by atoms with Gasteiger partial charge in [-0.25, -0.2) is 4.98 Å². The minimum atomic E-state index is -3.86. The average molecular weight is 320 g/mol. The van der Waals surface area contributed by atoms with Crippen molar-refractivity contribution in [2.75, 3.05) is 24.2 Å². The van der Waals surface area contributed by atoms with E-state index in [1.807, 2.05) is 24.4 Å². The molecule has 5 nitrogen and oxygen atoms in total. The van der Waals surface area contributed by atoms with E-state index in [1.54, 1.807) is 0 Å². The average Bonchev–Trinajstić information content (AvgIpc) is 2.52. The van der Waals surface area contributed by atoms with Crippen molar-refractivity contribution in [3.63, 3.8) is 0 Å². The van der Waals surface area contributed by atoms with Crippen LogP contribution in [0.15, 0.2) is 36.5 Å². The van der Waals surface area contributed by atoms with E-state index < -0.39 is 7.60 Å². The predicted molar refractivity (Wildman–Crippen MR) is 88.2 cm³/mol. The number of fused-ring (bicyclic) bond motifs is 1. The van der Waals surface area contributed by atoms with Crippen molar-refractivity contribution in [1.29, 1.82) is 0 Å². The van der Waals surface area contributed by atoms with Gasteiger partial charge in [0.05, 0.1) is 6.16 Å². The van der Waals surface area contributed by atoms with Crippen LogP contribution in [0.3, 0.4) is 0 Å². The van der Waals surface area contributed by atoms with E-state index in [0.29, 0.717) is 12.3 Å². The van der Waals surface area contributed by atoms with Crippen LogP contribution in [0.2, 0.25) is 0 Å². The summed E-state index contributed by atoms with van der Waals surface area (Å²) < 4.78 is 11.0. The molecule has 0 atom stereocenters. The number of pyridine rings is 1. The standard InChI is InChI=1S/C16H21N2O3P/c19-22(20,21)12-8-13-6-10-18(11-7-13)16-15-4-2-1-3-14(15)5-9-17-16/h1-5,9,13H,6-8,10-12H2,(H2,19,20,21). The molecule has 1 aromatic carbocycles. The second-order valence-corrected chi connectivity index (χ2v) is 7.74. The Labute approximate surface area is 130 Å². The van der Waals surface area contributed by atoms with Gasteiger partial charge in [0, 0.05) is 24.7 Å². The molecule has 1 fully saturated rings. The van der Waals surface area contributed by atoms with Crippen LogP contribution in [0.4, 0.5) is 5.82 Å². The van der Waals surface area contributed by atoms with Gasteiger partial charge < -0.3 is 14.7 Å². The first-order valence-electron chi connectivity index (χ1n) is 7.66. The number of hydrogen-bond donors (Lipinski definition) is 2. The first-order chi connectivity index (χ1) is 10.5. The summed E-state index contributed by atoms with van der Waals surface area (Å²) in [5.41, 5.74) is 0. The molecule has 0 amide bonds. The SMILES string of the molecule is O=P(O)(O)CCC1CCN(c2nccc3ccccc23)CC1. The molecule has 2 aromatic rings. The Morgan fingerprint density at radius 2 is 1.91 bits per heavy atom. The summed E-state index contributed by atoms with van der Waals surface area (Å²) in [6.45, 7) is 1.79. The van der Waals surface area contributed by atoms with E-state index in [9.17, 15) is 4.57 Å². The van der Waals surface area contributed by atoms with Crippen LogP contribution in [0.25, 0.3) is 10.8 Å². The molecule has 2 heterocycles. The summed E-state index contributed by atoms with van der Waals surface area (Å²) in [5.74, 6) is 1.42. The smallest absolute Gasteiger partial charge is 0.325 e. The third-order valence-corrected chi connectivity index (χ3v) is 5.24. The van der Waals surface area contributed by atoms with Gasteiger partial charge in [-0.3, -0.25) is 4.57 Å². The normalized spacial score (nSPS) is 17.1. The van der Waals surface area contributed by atoms with E-state index >= 15 is 0 Å². The molecule has 0 aliphatic carbocycles. The number of benzene rings is 1. The minimum Gasteiger partial charge on any atom is -0.356 e. The van der Waals surface area contributed by atoms with Crippen molar-refractivity contribution in [3.8, 4) is 0 Å². The minimum absolute atomic E-state index is 0.00415. The number of piperidine rings is 1. The molecule has 0 saturated carbocycles. The number of rotatable bonds is 4. The maximum Gasteiger partial charge on any atom is 0.325 e.